The third-order valence-electron chi connectivity index (χ3n) is 5.13. The average Bonchev–Trinajstić information content (AvgIpc) is 2.84. The van der Waals surface area contributed by atoms with Crippen molar-refractivity contribution < 1.29 is 19.1 Å². The topological polar surface area (TPSA) is 84.5 Å². The van der Waals surface area contributed by atoms with Gasteiger partial charge in [0.15, 0.2) is 0 Å². The molecule has 0 saturated heterocycles. The van der Waals surface area contributed by atoms with E-state index in [1.165, 1.54) is 0 Å². The summed E-state index contributed by atoms with van der Waals surface area (Å²) in [6, 6.07) is 26.0. The second-order valence-corrected chi connectivity index (χ2v) is 7.69. The van der Waals surface area contributed by atoms with Crippen molar-refractivity contribution in [2.45, 2.75) is 32.2 Å². The van der Waals surface area contributed by atoms with E-state index in [9.17, 15) is 14.4 Å². The smallest absolute Gasteiger partial charge is 0.306 e. The van der Waals surface area contributed by atoms with Crippen LogP contribution in [0.25, 0.3) is 0 Å². The molecule has 1 atom stereocenters. The van der Waals surface area contributed by atoms with E-state index in [1.807, 2.05) is 67.6 Å². The predicted octanol–water partition coefficient (Wildman–Crippen LogP) is 4.68. The third-order valence-corrected chi connectivity index (χ3v) is 5.13. The van der Waals surface area contributed by atoms with Crippen LogP contribution >= 0.6 is 0 Å². The predicted molar refractivity (Wildman–Crippen MR) is 128 cm³/mol. The molecule has 0 heterocycles. The maximum absolute atomic E-state index is 12.5. The minimum absolute atomic E-state index is 0.0124. The van der Waals surface area contributed by atoms with Gasteiger partial charge in [0.05, 0.1) is 19.1 Å². The summed E-state index contributed by atoms with van der Waals surface area (Å²) in [5.41, 5.74) is 3.17. The van der Waals surface area contributed by atoms with Crippen molar-refractivity contribution in [1.29, 1.82) is 0 Å². The van der Waals surface area contributed by atoms with E-state index in [4.69, 9.17) is 4.74 Å². The van der Waals surface area contributed by atoms with Gasteiger partial charge < -0.3 is 15.4 Å². The molecule has 2 N–H and O–H groups in total. The van der Waals surface area contributed by atoms with Crippen LogP contribution in [0.5, 0.6) is 0 Å². The van der Waals surface area contributed by atoms with Gasteiger partial charge in [-0.2, -0.15) is 0 Å². The minimum atomic E-state index is -0.402. The first-order valence-corrected chi connectivity index (χ1v) is 11.0. The van der Waals surface area contributed by atoms with Crippen molar-refractivity contribution >= 4 is 23.5 Å². The zero-order valence-electron chi connectivity index (χ0n) is 18.6. The zero-order chi connectivity index (χ0) is 23.5. The lowest BCUT2D eigenvalue weighted by Crippen LogP contribution is -2.26. The first-order chi connectivity index (χ1) is 16.0. The lowest BCUT2D eigenvalue weighted by atomic mass is 10.1. The molecule has 3 rings (SSSR count). The second-order valence-electron chi connectivity index (χ2n) is 7.69. The first-order valence-electron chi connectivity index (χ1n) is 11.0. The van der Waals surface area contributed by atoms with Crippen molar-refractivity contribution in [2.24, 2.45) is 0 Å². The highest BCUT2D eigenvalue weighted by atomic mass is 16.5. The van der Waals surface area contributed by atoms with Gasteiger partial charge in [-0.1, -0.05) is 60.7 Å². The molecule has 0 saturated carbocycles. The summed E-state index contributed by atoms with van der Waals surface area (Å²) in [6.07, 6.45) is 0.683. The third kappa shape index (κ3) is 7.92. The van der Waals surface area contributed by atoms with Crippen molar-refractivity contribution in [3.8, 4) is 0 Å². The summed E-state index contributed by atoms with van der Waals surface area (Å²) in [5.74, 6) is -0.881. The number of carbonyl (C=O) groups is 3. The molecule has 0 radical (unpaired) electrons. The molecule has 0 bridgehead atoms. The van der Waals surface area contributed by atoms with Gasteiger partial charge >= 0.3 is 5.97 Å². The van der Waals surface area contributed by atoms with Gasteiger partial charge in [0.25, 0.3) is 5.91 Å². The quantitative estimate of drug-likeness (QED) is 0.445. The Morgan fingerprint density at radius 1 is 0.818 bits per heavy atom. The highest BCUT2D eigenvalue weighted by molar-refractivity contribution is 5.96. The van der Waals surface area contributed by atoms with Crippen LogP contribution in [0.1, 0.15) is 47.3 Å². The van der Waals surface area contributed by atoms with Crippen molar-refractivity contribution in [2.75, 3.05) is 11.9 Å². The largest absolute Gasteiger partial charge is 0.465 e. The molecule has 3 aromatic rings. The zero-order valence-corrected chi connectivity index (χ0v) is 18.6. The van der Waals surface area contributed by atoms with E-state index in [2.05, 4.69) is 10.6 Å². The summed E-state index contributed by atoms with van der Waals surface area (Å²) >= 11 is 0. The molecule has 6 heteroatoms. The van der Waals surface area contributed by atoms with Gasteiger partial charge in [-0.3, -0.25) is 14.4 Å². The number of hydrogen-bond acceptors (Lipinski definition) is 4. The Hall–Kier alpha value is -3.93. The van der Waals surface area contributed by atoms with Gasteiger partial charge in [0.1, 0.15) is 0 Å². The van der Waals surface area contributed by atoms with Crippen LogP contribution in [0, 0.1) is 0 Å². The molecule has 0 aliphatic carbocycles. The molecular weight excluding hydrogens is 416 g/mol. The molecule has 0 fully saturated rings. The van der Waals surface area contributed by atoms with Crippen LogP contribution in [0.15, 0.2) is 84.9 Å². The monoisotopic (exact) mass is 444 g/mol. The van der Waals surface area contributed by atoms with Gasteiger partial charge in [0, 0.05) is 24.1 Å². The highest BCUT2D eigenvalue weighted by Gasteiger charge is 2.12. The van der Waals surface area contributed by atoms with E-state index < -0.39 is 5.97 Å². The Morgan fingerprint density at radius 2 is 1.45 bits per heavy atom. The van der Waals surface area contributed by atoms with Gasteiger partial charge in [0.2, 0.25) is 5.91 Å². The molecule has 2 amide bonds. The molecular formula is C27H28N2O4. The number of esters is 1. The maximum atomic E-state index is 12.5. The number of carbonyl (C=O) groups excluding carboxylic acids is 3. The molecule has 0 spiro atoms. The molecule has 0 aromatic heterocycles. The molecule has 1 unspecified atom stereocenters. The molecule has 0 aliphatic rings. The van der Waals surface area contributed by atoms with Crippen LogP contribution in [0.3, 0.4) is 0 Å². The highest BCUT2D eigenvalue weighted by Crippen LogP contribution is 2.14. The van der Waals surface area contributed by atoms with Crippen LogP contribution in [-0.4, -0.2) is 24.4 Å². The Labute approximate surface area is 194 Å². The van der Waals surface area contributed by atoms with Gasteiger partial charge in [-0.15, -0.1) is 0 Å². The van der Waals surface area contributed by atoms with E-state index in [1.54, 1.807) is 24.3 Å². The number of benzene rings is 3. The van der Waals surface area contributed by atoms with E-state index in [0.29, 0.717) is 17.7 Å². The lowest BCUT2D eigenvalue weighted by Gasteiger charge is -2.14. The van der Waals surface area contributed by atoms with Crippen molar-refractivity contribution in [1.82, 2.24) is 5.32 Å². The molecule has 3 aromatic carbocycles. The van der Waals surface area contributed by atoms with Gasteiger partial charge in [-0.05, 0) is 42.3 Å². The fourth-order valence-electron chi connectivity index (χ4n) is 3.25. The van der Waals surface area contributed by atoms with E-state index >= 15 is 0 Å². The van der Waals surface area contributed by atoms with Crippen LogP contribution in [0.2, 0.25) is 0 Å². The van der Waals surface area contributed by atoms with E-state index in [0.717, 1.165) is 11.1 Å². The van der Waals surface area contributed by atoms with Crippen LogP contribution in [-0.2, 0) is 20.7 Å². The molecule has 6 nitrogen and oxygen atoms in total. The second kappa shape index (κ2) is 12.2. The Balaban J connectivity index is 1.38. The molecule has 0 aliphatic heterocycles. The number of nitrogens with one attached hydrogen (secondary N) is 2. The van der Waals surface area contributed by atoms with Crippen molar-refractivity contribution in [3.05, 3.63) is 102 Å². The van der Waals surface area contributed by atoms with Crippen molar-refractivity contribution in [3.63, 3.8) is 0 Å². The number of anilines is 1. The SMILES string of the molecule is CC(NC(=O)c1ccc(NC(=O)CCC(=O)OCCc2ccccc2)cc1)c1ccccc1. The summed E-state index contributed by atoms with van der Waals surface area (Å²) in [6.45, 7) is 2.21. The molecule has 170 valence electrons. The number of amides is 2. The summed E-state index contributed by atoms with van der Waals surface area (Å²) < 4.78 is 5.19. The van der Waals surface area contributed by atoms with Gasteiger partial charge in [-0.25, -0.2) is 0 Å². The van der Waals surface area contributed by atoms with Crippen LogP contribution in [0.4, 0.5) is 5.69 Å². The van der Waals surface area contributed by atoms with E-state index in [-0.39, 0.29) is 37.3 Å². The normalized spacial score (nSPS) is 11.3. The number of ether oxygens (including phenoxy) is 1. The Kier molecular flexibility index (Phi) is 8.77. The summed E-state index contributed by atoms with van der Waals surface area (Å²) in [7, 11) is 0. The number of rotatable bonds is 10. The average molecular weight is 445 g/mol. The minimum Gasteiger partial charge on any atom is -0.465 e. The maximum Gasteiger partial charge on any atom is 0.306 e. The fourth-order valence-corrected chi connectivity index (χ4v) is 3.25. The fraction of sp³-hybridized carbons (Fsp3) is 0.222. The molecule has 33 heavy (non-hydrogen) atoms. The first kappa shape index (κ1) is 23.7. The Bertz CT molecular complexity index is 1050. The van der Waals surface area contributed by atoms with Crippen LogP contribution < -0.4 is 10.6 Å². The summed E-state index contributed by atoms with van der Waals surface area (Å²) in [5, 5.41) is 5.69. The standard InChI is InChI=1S/C27H28N2O4/c1-20(22-10-6-3-7-11-22)28-27(32)23-12-14-24(15-13-23)29-25(30)16-17-26(31)33-19-18-21-8-4-2-5-9-21/h2-15,20H,16-19H2,1H3,(H,28,32)(H,29,30). The summed E-state index contributed by atoms with van der Waals surface area (Å²) in [4.78, 5) is 36.5. The lowest BCUT2D eigenvalue weighted by molar-refractivity contribution is -0.144. The Morgan fingerprint density at radius 3 is 2.12 bits per heavy atom. The number of hydrogen-bond donors (Lipinski definition) is 2.